The first kappa shape index (κ1) is 7.26. The molecule has 0 bridgehead atoms. The molecule has 0 spiro atoms. The van der Waals surface area contributed by atoms with Crippen molar-refractivity contribution in [3.05, 3.63) is 42.1 Å². The molecule has 1 rings (SSSR count). The van der Waals surface area contributed by atoms with E-state index >= 15 is 0 Å². The van der Waals surface area contributed by atoms with Crippen molar-refractivity contribution in [2.45, 2.75) is 13.3 Å². The van der Waals surface area contributed by atoms with Crippen LogP contribution in [0, 0.1) is 6.17 Å². The summed E-state index contributed by atoms with van der Waals surface area (Å²) in [5.74, 6) is 0. The molecule has 0 N–H and O–H groups in total. The summed E-state index contributed by atoms with van der Waals surface area (Å²) < 4.78 is 12.8. The van der Waals surface area contributed by atoms with Crippen LogP contribution in [0.3, 0.4) is 0 Å². The summed E-state index contributed by atoms with van der Waals surface area (Å²) in [6.07, 6.45) is 0.435. The topological polar surface area (TPSA) is 0 Å². The molecule has 1 heteroatoms. The fraction of sp³-hybridized carbons (Fsp3) is 0.222. The average molecular weight is 137 g/mol. The summed E-state index contributed by atoms with van der Waals surface area (Å²) in [5, 5.41) is 0. The van der Waals surface area contributed by atoms with E-state index in [9.17, 15) is 4.39 Å². The van der Waals surface area contributed by atoms with E-state index in [0.717, 1.165) is 0 Å². The lowest BCUT2D eigenvalue weighted by atomic mass is 10.1. The number of benzene rings is 1. The second kappa shape index (κ2) is 3.35. The van der Waals surface area contributed by atoms with Gasteiger partial charge in [-0.2, -0.15) is 0 Å². The minimum Gasteiger partial charge on any atom is -0.235 e. The van der Waals surface area contributed by atoms with Gasteiger partial charge in [-0.3, -0.25) is 0 Å². The summed E-state index contributed by atoms with van der Waals surface area (Å²) in [4.78, 5) is 0. The zero-order valence-electron chi connectivity index (χ0n) is 5.97. The zero-order valence-corrected chi connectivity index (χ0v) is 5.97. The molecule has 0 saturated heterocycles. The molecule has 0 nitrogen and oxygen atoms in total. The summed E-state index contributed by atoms with van der Waals surface area (Å²) >= 11 is 0. The maximum atomic E-state index is 12.8. The zero-order chi connectivity index (χ0) is 7.40. The monoisotopic (exact) mass is 137 g/mol. The highest BCUT2D eigenvalue weighted by Crippen LogP contribution is 2.18. The molecule has 1 aromatic rings. The van der Waals surface area contributed by atoms with Crippen molar-refractivity contribution in [1.82, 2.24) is 0 Å². The van der Waals surface area contributed by atoms with Gasteiger partial charge in [-0.05, 0) is 12.0 Å². The molecule has 0 aliphatic heterocycles. The highest BCUT2D eigenvalue weighted by atomic mass is 19.1. The van der Waals surface area contributed by atoms with Crippen LogP contribution in [0.1, 0.15) is 18.9 Å². The number of rotatable bonds is 2. The first-order chi connectivity index (χ1) is 4.84. The van der Waals surface area contributed by atoms with Gasteiger partial charge in [-0.15, -0.1) is 0 Å². The predicted molar refractivity (Wildman–Crippen MR) is 40.2 cm³/mol. The van der Waals surface area contributed by atoms with E-state index in [2.05, 4.69) is 0 Å². The van der Waals surface area contributed by atoms with Crippen LogP contribution in [0.15, 0.2) is 30.3 Å². The minimum absolute atomic E-state index is 0.0411. The van der Waals surface area contributed by atoms with Gasteiger partial charge in [0.2, 0.25) is 0 Å². The molecule has 0 unspecified atom stereocenters. The van der Waals surface area contributed by atoms with Gasteiger partial charge in [-0.25, -0.2) is 4.39 Å². The van der Waals surface area contributed by atoms with Crippen molar-refractivity contribution in [2.75, 3.05) is 0 Å². The predicted octanol–water partition coefficient (Wildman–Crippen LogP) is 2.95. The average Bonchev–Trinajstić information content (AvgIpc) is 2.05. The Bertz CT molecular complexity index is 181. The fourth-order valence-corrected chi connectivity index (χ4v) is 0.823. The van der Waals surface area contributed by atoms with Gasteiger partial charge in [0.15, 0.2) is 6.17 Å². The Kier molecular flexibility index (Phi) is 2.43. The van der Waals surface area contributed by atoms with E-state index in [-0.39, 0.29) is 6.17 Å². The Hall–Kier alpha value is -0.850. The largest absolute Gasteiger partial charge is 0.235 e. The summed E-state index contributed by atoms with van der Waals surface area (Å²) in [5.41, 5.74) is 0.699. The third kappa shape index (κ3) is 1.56. The van der Waals surface area contributed by atoms with Gasteiger partial charge in [0, 0.05) is 0 Å². The van der Waals surface area contributed by atoms with Crippen LogP contribution in [0.4, 0.5) is 4.39 Å². The summed E-state index contributed by atoms with van der Waals surface area (Å²) in [6.45, 7) is 1.81. The Morgan fingerprint density at radius 2 is 1.90 bits per heavy atom. The molecule has 0 heterocycles. The Labute approximate surface area is 60.7 Å². The van der Waals surface area contributed by atoms with Crippen LogP contribution in [0.2, 0.25) is 0 Å². The summed E-state index contributed by atoms with van der Waals surface area (Å²) in [6, 6.07) is 9.11. The molecule has 0 saturated carbocycles. The van der Waals surface area contributed by atoms with E-state index in [1.807, 2.05) is 25.1 Å². The molecule has 0 aromatic heterocycles. The second-order valence-corrected chi connectivity index (χ2v) is 2.12. The van der Waals surface area contributed by atoms with E-state index < -0.39 is 0 Å². The van der Waals surface area contributed by atoms with E-state index in [4.69, 9.17) is 0 Å². The highest BCUT2D eigenvalue weighted by Gasteiger charge is 2.05. The van der Waals surface area contributed by atoms with Crippen molar-refractivity contribution in [3.63, 3.8) is 0 Å². The highest BCUT2D eigenvalue weighted by molar-refractivity contribution is 5.25. The van der Waals surface area contributed by atoms with Gasteiger partial charge < -0.3 is 0 Å². The molecule has 0 aliphatic rings. The standard InChI is InChI=1S/C9H10F/c1-2-9(10)8-6-4-3-5-7-8/h3-7H,2H2,1H3. The Morgan fingerprint density at radius 1 is 1.30 bits per heavy atom. The Balaban J connectivity index is 2.75. The molecule has 0 aliphatic carbocycles. The van der Waals surface area contributed by atoms with Crippen molar-refractivity contribution >= 4 is 0 Å². The molecule has 1 aromatic carbocycles. The van der Waals surface area contributed by atoms with E-state index in [1.54, 1.807) is 12.1 Å². The number of hydrogen-bond donors (Lipinski definition) is 0. The molecule has 0 fully saturated rings. The van der Waals surface area contributed by atoms with Gasteiger partial charge in [0.1, 0.15) is 0 Å². The molecular weight excluding hydrogens is 127 g/mol. The molecular formula is C9H10F. The minimum atomic E-state index is -0.0411. The van der Waals surface area contributed by atoms with Crippen molar-refractivity contribution in [3.8, 4) is 0 Å². The van der Waals surface area contributed by atoms with Gasteiger partial charge in [0.25, 0.3) is 0 Å². The van der Waals surface area contributed by atoms with Crippen LogP contribution in [-0.2, 0) is 0 Å². The maximum Gasteiger partial charge on any atom is 0.173 e. The third-order valence-electron chi connectivity index (χ3n) is 1.40. The lowest BCUT2D eigenvalue weighted by Gasteiger charge is -2.01. The van der Waals surface area contributed by atoms with Crippen LogP contribution in [0.5, 0.6) is 0 Å². The molecule has 1 radical (unpaired) electrons. The first-order valence-corrected chi connectivity index (χ1v) is 3.41. The van der Waals surface area contributed by atoms with Crippen LogP contribution >= 0.6 is 0 Å². The van der Waals surface area contributed by atoms with Crippen molar-refractivity contribution < 1.29 is 4.39 Å². The van der Waals surface area contributed by atoms with Crippen LogP contribution in [-0.4, -0.2) is 0 Å². The molecule has 53 valence electrons. The molecule has 0 amide bonds. The van der Waals surface area contributed by atoms with Gasteiger partial charge in [-0.1, -0.05) is 37.3 Å². The quantitative estimate of drug-likeness (QED) is 0.587. The van der Waals surface area contributed by atoms with Gasteiger partial charge >= 0.3 is 0 Å². The smallest absolute Gasteiger partial charge is 0.173 e. The molecule has 10 heavy (non-hydrogen) atoms. The van der Waals surface area contributed by atoms with Gasteiger partial charge in [0.05, 0.1) is 0 Å². The SMILES string of the molecule is CC[C](F)c1ccccc1. The molecule has 0 atom stereocenters. The van der Waals surface area contributed by atoms with Crippen LogP contribution < -0.4 is 0 Å². The van der Waals surface area contributed by atoms with E-state index in [0.29, 0.717) is 12.0 Å². The second-order valence-electron chi connectivity index (χ2n) is 2.12. The lowest BCUT2D eigenvalue weighted by molar-refractivity contribution is 0.508. The van der Waals surface area contributed by atoms with Crippen LogP contribution in [0.25, 0.3) is 0 Å². The fourth-order valence-electron chi connectivity index (χ4n) is 0.823. The summed E-state index contributed by atoms with van der Waals surface area (Å²) in [7, 11) is 0. The number of hydrogen-bond acceptors (Lipinski definition) is 0. The van der Waals surface area contributed by atoms with Crippen molar-refractivity contribution in [2.24, 2.45) is 0 Å². The Morgan fingerprint density at radius 3 is 2.40 bits per heavy atom. The first-order valence-electron chi connectivity index (χ1n) is 3.41. The maximum absolute atomic E-state index is 12.8. The lowest BCUT2D eigenvalue weighted by Crippen LogP contribution is -1.88. The number of halogens is 1. The third-order valence-corrected chi connectivity index (χ3v) is 1.40. The van der Waals surface area contributed by atoms with E-state index in [1.165, 1.54) is 0 Å². The normalized spacial score (nSPS) is 10.3. The van der Waals surface area contributed by atoms with Crippen molar-refractivity contribution in [1.29, 1.82) is 0 Å².